The number of nitrogens with one attached hydrogen (secondary N) is 3. The molecule has 2 aromatic rings. The number of hydrazine groups is 1. The maximum atomic E-state index is 12.3. The Morgan fingerprint density at radius 1 is 0.826 bits per heavy atom. The number of carbonyl (C=O) groups is 3. The van der Waals surface area contributed by atoms with Gasteiger partial charge in [0.15, 0.2) is 0 Å². The molecule has 0 fully saturated rings. The molecule has 2 rings (SSSR count). The molecule has 6 nitrogen and oxygen atoms in total. The number of hydrogen-bond acceptors (Lipinski definition) is 3. The highest BCUT2D eigenvalue weighted by Crippen LogP contribution is 2.16. The quantitative estimate of drug-likeness (QED) is 0.758. The van der Waals surface area contributed by atoms with E-state index in [2.05, 4.69) is 16.2 Å². The van der Waals surface area contributed by atoms with Crippen LogP contribution in [0.1, 0.15) is 33.2 Å². The highest BCUT2D eigenvalue weighted by Gasteiger charge is 2.14. The Hall–Kier alpha value is -3.15. The first kappa shape index (κ1) is 16.2. The van der Waals surface area contributed by atoms with Crippen molar-refractivity contribution in [2.24, 2.45) is 0 Å². The summed E-state index contributed by atoms with van der Waals surface area (Å²) in [5.74, 6) is -1.22. The summed E-state index contributed by atoms with van der Waals surface area (Å²) >= 11 is 0. The lowest BCUT2D eigenvalue weighted by Gasteiger charge is -2.11. The van der Waals surface area contributed by atoms with E-state index in [1.807, 2.05) is 19.1 Å². The molecule has 0 heterocycles. The lowest BCUT2D eigenvalue weighted by molar-refractivity contribution is -0.119. The van der Waals surface area contributed by atoms with E-state index in [-0.39, 0.29) is 17.4 Å². The van der Waals surface area contributed by atoms with Gasteiger partial charge in [0.2, 0.25) is 5.91 Å². The summed E-state index contributed by atoms with van der Waals surface area (Å²) in [4.78, 5) is 35.2. The Morgan fingerprint density at radius 3 is 2.13 bits per heavy atom. The van der Waals surface area contributed by atoms with Crippen LogP contribution in [-0.2, 0) is 4.79 Å². The van der Waals surface area contributed by atoms with Crippen molar-refractivity contribution >= 4 is 23.4 Å². The predicted molar refractivity (Wildman–Crippen MR) is 86.9 cm³/mol. The van der Waals surface area contributed by atoms with Crippen molar-refractivity contribution in [2.45, 2.75) is 13.8 Å². The molecule has 118 valence electrons. The monoisotopic (exact) mass is 311 g/mol. The SMILES string of the molecule is CC(=O)NNC(=O)c1ccccc1NC(=O)c1ccc(C)cc1. The molecular weight excluding hydrogens is 294 g/mol. The lowest BCUT2D eigenvalue weighted by atomic mass is 10.1. The molecule has 2 aromatic carbocycles. The molecule has 0 saturated carbocycles. The average Bonchev–Trinajstić information content (AvgIpc) is 2.53. The Bertz CT molecular complexity index is 739. The van der Waals surface area contributed by atoms with E-state index in [0.29, 0.717) is 11.3 Å². The predicted octanol–water partition coefficient (Wildman–Crippen LogP) is 2.03. The molecule has 0 aliphatic carbocycles. The normalized spacial score (nSPS) is 9.83. The molecule has 0 bridgehead atoms. The molecule has 0 aliphatic heterocycles. The highest BCUT2D eigenvalue weighted by molar-refractivity contribution is 6.09. The second kappa shape index (κ2) is 7.22. The molecular formula is C17H17N3O3. The van der Waals surface area contributed by atoms with Crippen LogP contribution in [0.5, 0.6) is 0 Å². The van der Waals surface area contributed by atoms with Crippen LogP contribution in [0.2, 0.25) is 0 Å². The van der Waals surface area contributed by atoms with E-state index < -0.39 is 5.91 Å². The number of amides is 3. The fraction of sp³-hybridized carbons (Fsp3) is 0.118. The topological polar surface area (TPSA) is 87.3 Å². The maximum absolute atomic E-state index is 12.3. The molecule has 23 heavy (non-hydrogen) atoms. The number of benzene rings is 2. The number of anilines is 1. The van der Waals surface area contributed by atoms with Gasteiger partial charge in [0.25, 0.3) is 11.8 Å². The van der Waals surface area contributed by atoms with E-state index in [0.717, 1.165) is 5.56 Å². The molecule has 0 spiro atoms. The summed E-state index contributed by atoms with van der Waals surface area (Å²) in [5, 5.41) is 2.70. The zero-order valence-electron chi connectivity index (χ0n) is 12.8. The summed E-state index contributed by atoms with van der Waals surface area (Å²) in [6.07, 6.45) is 0. The first-order valence-corrected chi connectivity index (χ1v) is 7.01. The van der Waals surface area contributed by atoms with Gasteiger partial charge in [-0.1, -0.05) is 29.8 Å². The number of para-hydroxylation sites is 1. The van der Waals surface area contributed by atoms with Crippen LogP contribution in [0.4, 0.5) is 5.69 Å². The average molecular weight is 311 g/mol. The van der Waals surface area contributed by atoms with Gasteiger partial charge in [-0.25, -0.2) is 0 Å². The second-order valence-corrected chi connectivity index (χ2v) is 5.00. The molecule has 0 aliphatic rings. The first-order chi connectivity index (χ1) is 11.0. The van der Waals surface area contributed by atoms with Crippen LogP contribution in [0.25, 0.3) is 0 Å². The third-order valence-electron chi connectivity index (χ3n) is 3.09. The van der Waals surface area contributed by atoms with Crippen LogP contribution in [0.15, 0.2) is 48.5 Å². The summed E-state index contributed by atoms with van der Waals surface area (Å²) in [6.45, 7) is 3.22. The van der Waals surface area contributed by atoms with Crippen molar-refractivity contribution in [3.05, 3.63) is 65.2 Å². The van der Waals surface area contributed by atoms with Crippen molar-refractivity contribution in [1.82, 2.24) is 10.9 Å². The standard InChI is InChI=1S/C17H17N3O3/c1-11-7-9-13(10-8-11)16(22)18-15-6-4-3-5-14(15)17(23)20-19-12(2)21/h3-10H,1-2H3,(H,18,22)(H,19,21)(H,20,23). The van der Waals surface area contributed by atoms with Gasteiger partial charge in [-0.2, -0.15) is 0 Å². The van der Waals surface area contributed by atoms with Gasteiger partial charge in [-0.15, -0.1) is 0 Å². The van der Waals surface area contributed by atoms with Crippen molar-refractivity contribution in [3.63, 3.8) is 0 Å². The summed E-state index contributed by atoms with van der Waals surface area (Å²) in [6, 6.07) is 13.7. The Labute approximate surface area is 133 Å². The Kier molecular flexibility index (Phi) is 5.09. The van der Waals surface area contributed by atoms with Crippen molar-refractivity contribution in [3.8, 4) is 0 Å². The van der Waals surface area contributed by atoms with Crippen LogP contribution < -0.4 is 16.2 Å². The number of aryl methyl sites for hydroxylation is 1. The van der Waals surface area contributed by atoms with Crippen LogP contribution in [0, 0.1) is 6.92 Å². The van der Waals surface area contributed by atoms with E-state index >= 15 is 0 Å². The fourth-order valence-corrected chi connectivity index (χ4v) is 1.90. The number of hydrogen-bond donors (Lipinski definition) is 3. The minimum atomic E-state index is -0.514. The van der Waals surface area contributed by atoms with Gasteiger partial charge >= 0.3 is 0 Å². The largest absolute Gasteiger partial charge is 0.321 e. The van der Waals surface area contributed by atoms with E-state index in [1.165, 1.54) is 6.92 Å². The molecule has 0 aromatic heterocycles. The van der Waals surface area contributed by atoms with Crippen LogP contribution in [0.3, 0.4) is 0 Å². The third-order valence-corrected chi connectivity index (χ3v) is 3.09. The van der Waals surface area contributed by atoms with Gasteiger partial charge in [-0.05, 0) is 31.2 Å². The molecule has 0 unspecified atom stereocenters. The minimum absolute atomic E-state index is 0.252. The van der Waals surface area contributed by atoms with E-state index in [1.54, 1.807) is 36.4 Å². The maximum Gasteiger partial charge on any atom is 0.271 e. The smallest absolute Gasteiger partial charge is 0.271 e. The number of carbonyl (C=O) groups excluding carboxylic acids is 3. The zero-order valence-corrected chi connectivity index (χ0v) is 12.8. The third kappa shape index (κ3) is 4.41. The van der Waals surface area contributed by atoms with Gasteiger partial charge in [0.05, 0.1) is 11.3 Å². The fourth-order valence-electron chi connectivity index (χ4n) is 1.90. The minimum Gasteiger partial charge on any atom is -0.321 e. The van der Waals surface area contributed by atoms with Crippen LogP contribution >= 0.6 is 0 Å². The van der Waals surface area contributed by atoms with Crippen LogP contribution in [-0.4, -0.2) is 17.7 Å². The van der Waals surface area contributed by atoms with Gasteiger partial charge in [0, 0.05) is 12.5 Å². The van der Waals surface area contributed by atoms with E-state index in [9.17, 15) is 14.4 Å². The van der Waals surface area contributed by atoms with Crippen molar-refractivity contribution in [2.75, 3.05) is 5.32 Å². The van der Waals surface area contributed by atoms with E-state index in [4.69, 9.17) is 0 Å². The van der Waals surface area contributed by atoms with Gasteiger partial charge in [-0.3, -0.25) is 25.2 Å². The lowest BCUT2D eigenvalue weighted by Crippen LogP contribution is -2.40. The second-order valence-electron chi connectivity index (χ2n) is 5.00. The zero-order chi connectivity index (χ0) is 16.8. The molecule has 3 amide bonds. The molecule has 6 heteroatoms. The molecule has 0 atom stereocenters. The van der Waals surface area contributed by atoms with Crippen molar-refractivity contribution in [1.29, 1.82) is 0 Å². The summed E-state index contributed by atoms with van der Waals surface area (Å²) < 4.78 is 0. The number of rotatable bonds is 3. The highest BCUT2D eigenvalue weighted by atomic mass is 16.2. The Balaban J connectivity index is 2.16. The summed E-state index contributed by atoms with van der Waals surface area (Å²) in [5.41, 5.74) is 6.64. The Morgan fingerprint density at radius 2 is 1.48 bits per heavy atom. The van der Waals surface area contributed by atoms with Crippen molar-refractivity contribution < 1.29 is 14.4 Å². The van der Waals surface area contributed by atoms with Gasteiger partial charge < -0.3 is 5.32 Å². The molecule has 0 radical (unpaired) electrons. The van der Waals surface area contributed by atoms with Gasteiger partial charge in [0.1, 0.15) is 0 Å². The first-order valence-electron chi connectivity index (χ1n) is 7.01. The molecule has 3 N–H and O–H groups in total. The molecule has 0 saturated heterocycles. The summed E-state index contributed by atoms with van der Waals surface area (Å²) in [7, 11) is 0.